The fourth-order valence-electron chi connectivity index (χ4n) is 2.51. The molecular formula is C18H15FO5. The highest BCUT2D eigenvalue weighted by molar-refractivity contribution is 5.89. The lowest BCUT2D eigenvalue weighted by Gasteiger charge is -2.14. The van der Waals surface area contributed by atoms with Gasteiger partial charge < -0.3 is 18.6 Å². The molecule has 0 N–H and O–H groups in total. The molecule has 0 aliphatic heterocycles. The van der Waals surface area contributed by atoms with Gasteiger partial charge in [-0.1, -0.05) is 0 Å². The summed E-state index contributed by atoms with van der Waals surface area (Å²) in [5.74, 6) is 0.882. The Morgan fingerprint density at radius 2 is 1.58 bits per heavy atom. The average Bonchev–Trinajstić information content (AvgIpc) is 2.60. The molecule has 3 rings (SSSR count). The highest BCUT2D eigenvalue weighted by Crippen LogP contribution is 2.43. The summed E-state index contributed by atoms with van der Waals surface area (Å²) in [4.78, 5) is 12.5. The van der Waals surface area contributed by atoms with E-state index in [1.165, 1.54) is 57.7 Å². The number of methoxy groups -OCH3 is 3. The van der Waals surface area contributed by atoms with Crippen LogP contribution in [0, 0.1) is 5.82 Å². The van der Waals surface area contributed by atoms with E-state index >= 15 is 0 Å². The van der Waals surface area contributed by atoms with Crippen LogP contribution < -0.4 is 19.6 Å². The van der Waals surface area contributed by atoms with Crippen LogP contribution in [0.1, 0.15) is 0 Å². The van der Waals surface area contributed by atoms with Crippen molar-refractivity contribution in [1.82, 2.24) is 0 Å². The fourth-order valence-corrected chi connectivity index (χ4v) is 2.51. The molecule has 0 bridgehead atoms. The topological polar surface area (TPSA) is 57.9 Å². The summed E-state index contributed by atoms with van der Waals surface area (Å²) in [5.41, 5.74) is 0.545. The number of halogens is 1. The Hall–Kier alpha value is -3.02. The number of ether oxygens (including phenoxy) is 3. The maximum Gasteiger partial charge on any atom is 0.208 e. The van der Waals surface area contributed by atoms with Gasteiger partial charge in [-0.25, -0.2) is 4.39 Å². The molecule has 0 saturated heterocycles. The molecule has 0 aliphatic rings. The predicted octanol–water partition coefficient (Wildman–Crippen LogP) is 3.62. The number of rotatable bonds is 4. The summed E-state index contributed by atoms with van der Waals surface area (Å²) in [7, 11) is 4.38. The zero-order valence-electron chi connectivity index (χ0n) is 13.4. The number of benzene rings is 2. The Bertz CT molecular complexity index is 944. The van der Waals surface area contributed by atoms with Gasteiger partial charge >= 0.3 is 0 Å². The molecule has 0 atom stereocenters. The maximum atomic E-state index is 13.1. The monoisotopic (exact) mass is 330 g/mol. The first-order valence-electron chi connectivity index (χ1n) is 7.11. The van der Waals surface area contributed by atoms with Crippen LogP contribution in [0.5, 0.6) is 17.2 Å². The van der Waals surface area contributed by atoms with Crippen molar-refractivity contribution in [2.45, 2.75) is 0 Å². The van der Waals surface area contributed by atoms with E-state index in [0.29, 0.717) is 28.2 Å². The van der Waals surface area contributed by atoms with Crippen molar-refractivity contribution in [2.75, 3.05) is 21.3 Å². The molecule has 3 aromatic rings. The summed E-state index contributed by atoms with van der Waals surface area (Å²) in [6.45, 7) is 0. The molecule has 0 unspecified atom stereocenters. The van der Waals surface area contributed by atoms with E-state index < -0.39 is 0 Å². The molecule has 0 saturated carbocycles. The summed E-state index contributed by atoms with van der Waals surface area (Å²) in [5, 5.41) is 0.301. The van der Waals surface area contributed by atoms with Crippen molar-refractivity contribution in [2.24, 2.45) is 0 Å². The number of fused-ring (bicyclic) bond motifs is 1. The van der Waals surface area contributed by atoms with Crippen molar-refractivity contribution in [3.8, 4) is 28.6 Å². The first-order valence-corrected chi connectivity index (χ1v) is 7.11. The Labute approximate surface area is 137 Å². The van der Waals surface area contributed by atoms with Crippen molar-refractivity contribution < 1.29 is 23.0 Å². The normalized spacial score (nSPS) is 10.7. The van der Waals surface area contributed by atoms with Crippen LogP contribution in [0.4, 0.5) is 4.39 Å². The minimum Gasteiger partial charge on any atom is -0.493 e. The standard InChI is InChI=1S/C18H15FO5/c1-21-15-8-12-13(20)9-14(10-4-6-11(19)7-5-10)24-16(12)18(23-3)17(15)22-2/h4-9H,1-3H3. The van der Waals surface area contributed by atoms with Crippen LogP contribution >= 0.6 is 0 Å². The van der Waals surface area contributed by atoms with Crippen molar-refractivity contribution in [3.63, 3.8) is 0 Å². The fraction of sp³-hybridized carbons (Fsp3) is 0.167. The van der Waals surface area contributed by atoms with Gasteiger partial charge in [0.1, 0.15) is 11.6 Å². The van der Waals surface area contributed by atoms with Crippen LogP contribution in [0.2, 0.25) is 0 Å². The predicted molar refractivity (Wildman–Crippen MR) is 87.5 cm³/mol. The lowest BCUT2D eigenvalue weighted by Crippen LogP contribution is -2.04. The van der Waals surface area contributed by atoms with E-state index in [9.17, 15) is 9.18 Å². The van der Waals surface area contributed by atoms with Crippen LogP contribution in [0.15, 0.2) is 45.6 Å². The van der Waals surface area contributed by atoms with Gasteiger partial charge in [-0.15, -0.1) is 0 Å². The average molecular weight is 330 g/mol. The van der Waals surface area contributed by atoms with Crippen LogP contribution in [0.25, 0.3) is 22.3 Å². The largest absolute Gasteiger partial charge is 0.493 e. The van der Waals surface area contributed by atoms with Crippen molar-refractivity contribution in [1.29, 1.82) is 0 Å². The van der Waals surface area contributed by atoms with E-state index in [0.717, 1.165) is 0 Å². The van der Waals surface area contributed by atoms with E-state index in [-0.39, 0.29) is 22.6 Å². The smallest absolute Gasteiger partial charge is 0.208 e. The molecule has 0 amide bonds. The zero-order chi connectivity index (χ0) is 17.3. The lowest BCUT2D eigenvalue weighted by molar-refractivity contribution is 0.324. The van der Waals surface area contributed by atoms with Crippen LogP contribution in [-0.2, 0) is 0 Å². The summed E-state index contributed by atoms with van der Waals surface area (Å²) >= 11 is 0. The molecule has 5 nitrogen and oxygen atoms in total. The minimum absolute atomic E-state index is 0.238. The maximum absolute atomic E-state index is 13.1. The molecule has 0 radical (unpaired) electrons. The van der Waals surface area contributed by atoms with Gasteiger partial charge in [-0.2, -0.15) is 0 Å². The molecule has 0 aliphatic carbocycles. The molecule has 24 heavy (non-hydrogen) atoms. The van der Waals surface area contributed by atoms with E-state index in [4.69, 9.17) is 18.6 Å². The SMILES string of the molecule is COc1cc2c(=O)cc(-c3ccc(F)cc3)oc2c(OC)c1OC. The highest BCUT2D eigenvalue weighted by Gasteiger charge is 2.20. The Balaban J connectivity index is 2.34. The lowest BCUT2D eigenvalue weighted by atomic mass is 10.1. The summed E-state index contributed by atoms with van der Waals surface area (Å²) in [6, 6.07) is 8.55. The second kappa shape index (κ2) is 6.23. The van der Waals surface area contributed by atoms with E-state index in [2.05, 4.69) is 0 Å². The third-order valence-electron chi connectivity index (χ3n) is 3.65. The molecule has 6 heteroatoms. The minimum atomic E-state index is -0.370. The Morgan fingerprint density at radius 3 is 2.17 bits per heavy atom. The molecule has 1 heterocycles. The van der Waals surface area contributed by atoms with Gasteiger partial charge in [-0.3, -0.25) is 4.79 Å². The Morgan fingerprint density at radius 1 is 0.917 bits per heavy atom. The molecule has 0 fully saturated rings. The third kappa shape index (κ3) is 2.56. The molecule has 0 spiro atoms. The number of hydrogen-bond donors (Lipinski definition) is 0. The zero-order valence-corrected chi connectivity index (χ0v) is 13.4. The van der Waals surface area contributed by atoms with Crippen LogP contribution in [-0.4, -0.2) is 21.3 Å². The van der Waals surface area contributed by atoms with Gasteiger partial charge in [0.05, 0.1) is 26.7 Å². The first kappa shape index (κ1) is 15.9. The van der Waals surface area contributed by atoms with Crippen LogP contribution in [0.3, 0.4) is 0 Å². The second-order valence-corrected chi connectivity index (χ2v) is 5.00. The van der Waals surface area contributed by atoms with Gasteiger partial charge in [0, 0.05) is 11.6 Å². The molecule has 2 aromatic carbocycles. The second-order valence-electron chi connectivity index (χ2n) is 5.00. The summed E-state index contributed by atoms with van der Waals surface area (Å²) in [6.07, 6.45) is 0. The van der Waals surface area contributed by atoms with Gasteiger partial charge in [0.25, 0.3) is 0 Å². The van der Waals surface area contributed by atoms with Crippen molar-refractivity contribution >= 4 is 11.0 Å². The molecule has 124 valence electrons. The summed E-state index contributed by atoms with van der Waals surface area (Å²) < 4.78 is 34.9. The third-order valence-corrected chi connectivity index (χ3v) is 3.65. The quantitative estimate of drug-likeness (QED) is 0.731. The first-order chi connectivity index (χ1) is 11.6. The van der Waals surface area contributed by atoms with Gasteiger partial charge in [0.15, 0.2) is 16.8 Å². The highest BCUT2D eigenvalue weighted by atomic mass is 19.1. The van der Waals surface area contributed by atoms with Gasteiger partial charge in [-0.05, 0) is 30.3 Å². The number of hydrogen-bond acceptors (Lipinski definition) is 5. The Kier molecular flexibility index (Phi) is 4.12. The molecule has 1 aromatic heterocycles. The van der Waals surface area contributed by atoms with E-state index in [1.54, 1.807) is 0 Å². The van der Waals surface area contributed by atoms with E-state index in [1.807, 2.05) is 0 Å². The molecular weight excluding hydrogens is 315 g/mol. The van der Waals surface area contributed by atoms with Crippen molar-refractivity contribution in [3.05, 3.63) is 52.4 Å². The van der Waals surface area contributed by atoms with Gasteiger partial charge in [0.2, 0.25) is 11.5 Å².